The fourth-order valence-corrected chi connectivity index (χ4v) is 3.83. The molecular weight excluding hydrogens is 404 g/mol. The molecule has 0 atom stereocenters. The van der Waals surface area contributed by atoms with Crippen molar-refractivity contribution in [3.63, 3.8) is 0 Å². The Morgan fingerprint density at radius 3 is 2.66 bits per heavy atom. The number of morpholine rings is 1. The predicted molar refractivity (Wildman–Crippen MR) is 125 cm³/mol. The summed E-state index contributed by atoms with van der Waals surface area (Å²) < 4.78 is 7.38. The average Bonchev–Trinajstić information content (AvgIpc) is 3.29. The highest BCUT2D eigenvalue weighted by Gasteiger charge is 2.13. The maximum atomic E-state index is 11.4. The summed E-state index contributed by atoms with van der Waals surface area (Å²) in [5.41, 5.74) is 5.26. The number of benzene rings is 2. The quantitative estimate of drug-likeness (QED) is 0.501. The molecule has 162 valence electrons. The van der Waals surface area contributed by atoms with Gasteiger partial charge in [-0.25, -0.2) is 9.97 Å². The van der Waals surface area contributed by atoms with E-state index in [9.17, 15) is 4.79 Å². The van der Waals surface area contributed by atoms with Crippen LogP contribution >= 0.6 is 0 Å². The minimum Gasteiger partial charge on any atom is -0.378 e. The number of amides is 1. The number of rotatable bonds is 5. The summed E-state index contributed by atoms with van der Waals surface area (Å²) in [6.07, 6.45) is 5.58. The van der Waals surface area contributed by atoms with Gasteiger partial charge in [-0.3, -0.25) is 4.79 Å². The van der Waals surface area contributed by atoms with E-state index in [0.29, 0.717) is 5.82 Å². The smallest absolute Gasteiger partial charge is 0.221 e. The first-order chi connectivity index (χ1) is 15.7. The second kappa shape index (κ2) is 8.68. The van der Waals surface area contributed by atoms with Crippen molar-refractivity contribution in [2.45, 2.75) is 6.92 Å². The Kier molecular flexibility index (Phi) is 5.43. The van der Waals surface area contributed by atoms with Crippen molar-refractivity contribution in [3.05, 3.63) is 67.1 Å². The van der Waals surface area contributed by atoms with E-state index in [4.69, 9.17) is 9.72 Å². The molecule has 1 amide bonds. The lowest BCUT2D eigenvalue weighted by molar-refractivity contribution is -0.114. The maximum absolute atomic E-state index is 11.4. The van der Waals surface area contributed by atoms with E-state index in [2.05, 4.69) is 44.8 Å². The van der Waals surface area contributed by atoms with E-state index in [0.717, 1.165) is 54.6 Å². The first-order valence-corrected chi connectivity index (χ1v) is 10.6. The molecule has 0 unspecified atom stereocenters. The number of nitrogens with zero attached hydrogens (tertiary/aromatic N) is 4. The number of ether oxygens (including phenoxy) is 1. The van der Waals surface area contributed by atoms with Crippen molar-refractivity contribution >= 4 is 34.4 Å². The van der Waals surface area contributed by atoms with Crippen LogP contribution in [0.5, 0.6) is 0 Å². The van der Waals surface area contributed by atoms with E-state index >= 15 is 0 Å². The molecule has 2 N–H and O–H groups in total. The SMILES string of the molecule is CC(=O)Nc1cccc(-c2cn3ccnc3c(Nc3ccc(N4CCOCC4)cc3)n2)c1. The van der Waals surface area contributed by atoms with Gasteiger partial charge in [0.25, 0.3) is 0 Å². The molecule has 0 bridgehead atoms. The molecule has 1 aliphatic heterocycles. The molecule has 0 radical (unpaired) electrons. The van der Waals surface area contributed by atoms with E-state index in [-0.39, 0.29) is 5.91 Å². The highest BCUT2D eigenvalue weighted by atomic mass is 16.5. The minimum absolute atomic E-state index is 0.108. The van der Waals surface area contributed by atoms with Gasteiger partial charge in [-0.05, 0) is 36.4 Å². The van der Waals surface area contributed by atoms with Crippen LogP contribution in [0.15, 0.2) is 67.1 Å². The van der Waals surface area contributed by atoms with Gasteiger partial charge >= 0.3 is 0 Å². The van der Waals surface area contributed by atoms with Gasteiger partial charge in [0, 0.05) is 61.2 Å². The number of aromatic nitrogens is 3. The fourth-order valence-electron chi connectivity index (χ4n) is 3.83. The molecule has 1 fully saturated rings. The fraction of sp³-hybridized carbons (Fsp3) is 0.208. The number of nitrogens with one attached hydrogen (secondary N) is 2. The van der Waals surface area contributed by atoms with Gasteiger partial charge in [-0.2, -0.15) is 0 Å². The summed E-state index contributed by atoms with van der Waals surface area (Å²) in [7, 11) is 0. The Morgan fingerprint density at radius 2 is 1.88 bits per heavy atom. The van der Waals surface area contributed by atoms with E-state index in [1.54, 1.807) is 6.20 Å². The second-order valence-electron chi connectivity index (χ2n) is 7.67. The van der Waals surface area contributed by atoms with Gasteiger partial charge in [0.2, 0.25) is 5.91 Å². The van der Waals surface area contributed by atoms with E-state index < -0.39 is 0 Å². The molecule has 8 heteroatoms. The lowest BCUT2D eigenvalue weighted by atomic mass is 10.1. The molecule has 5 rings (SSSR count). The van der Waals surface area contributed by atoms with Crippen LogP contribution in [0.25, 0.3) is 16.9 Å². The zero-order valence-electron chi connectivity index (χ0n) is 17.8. The van der Waals surface area contributed by atoms with Crippen LogP contribution in [0.1, 0.15) is 6.92 Å². The molecule has 2 aromatic heterocycles. The first kappa shape index (κ1) is 20.0. The second-order valence-corrected chi connectivity index (χ2v) is 7.67. The standard InChI is InChI=1S/C24H24N6O2/c1-17(31)26-20-4-2-3-18(15-20)22-16-30-10-9-25-24(30)23(28-22)27-19-5-7-21(8-6-19)29-11-13-32-14-12-29/h2-10,15-16H,11-14H2,1H3,(H,26,31)(H,27,28). The van der Waals surface area contributed by atoms with Gasteiger partial charge in [0.1, 0.15) is 0 Å². The van der Waals surface area contributed by atoms with Gasteiger partial charge in [0.05, 0.1) is 18.9 Å². The molecule has 32 heavy (non-hydrogen) atoms. The highest BCUT2D eigenvalue weighted by Crippen LogP contribution is 2.27. The normalized spacial score (nSPS) is 13.8. The molecule has 8 nitrogen and oxygen atoms in total. The Labute approximate surface area is 185 Å². The van der Waals surface area contributed by atoms with Crippen molar-refractivity contribution in [2.75, 3.05) is 41.8 Å². The third-order valence-electron chi connectivity index (χ3n) is 5.36. The van der Waals surface area contributed by atoms with Crippen molar-refractivity contribution in [1.29, 1.82) is 0 Å². The van der Waals surface area contributed by atoms with Gasteiger partial charge < -0.3 is 24.7 Å². The number of fused-ring (bicyclic) bond motifs is 1. The number of hydrogen-bond acceptors (Lipinski definition) is 6. The zero-order chi connectivity index (χ0) is 21.9. The summed E-state index contributed by atoms with van der Waals surface area (Å²) >= 11 is 0. The summed E-state index contributed by atoms with van der Waals surface area (Å²) in [5, 5.41) is 6.23. The van der Waals surface area contributed by atoms with Crippen molar-refractivity contribution in [2.24, 2.45) is 0 Å². The predicted octanol–water partition coefficient (Wildman–Crippen LogP) is 3.93. The maximum Gasteiger partial charge on any atom is 0.221 e. The number of imidazole rings is 1. The van der Waals surface area contributed by atoms with Crippen LogP contribution in [0.4, 0.5) is 22.9 Å². The van der Waals surface area contributed by atoms with Crippen LogP contribution in [-0.4, -0.2) is 46.6 Å². The molecule has 2 aromatic carbocycles. The largest absolute Gasteiger partial charge is 0.378 e. The number of carbonyl (C=O) groups is 1. The first-order valence-electron chi connectivity index (χ1n) is 10.6. The average molecular weight is 428 g/mol. The topological polar surface area (TPSA) is 83.8 Å². The number of anilines is 4. The molecular formula is C24H24N6O2. The Morgan fingerprint density at radius 1 is 1.06 bits per heavy atom. The van der Waals surface area contributed by atoms with E-state index in [1.807, 2.05) is 41.1 Å². The summed E-state index contributed by atoms with van der Waals surface area (Å²) in [6.45, 7) is 4.83. The lowest BCUT2D eigenvalue weighted by Crippen LogP contribution is -2.36. The Balaban J connectivity index is 1.44. The summed E-state index contributed by atoms with van der Waals surface area (Å²) in [4.78, 5) is 23.0. The Hall–Kier alpha value is -3.91. The number of carbonyl (C=O) groups excluding carboxylic acids is 1. The summed E-state index contributed by atoms with van der Waals surface area (Å²) in [6, 6.07) is 16.0. The number of hydrogen-bond donors (Lipinski definition) is 2. The van der Waals surface area contributed by atoms with Crippen LogP contribution in [0, 0.1) is 0 Å². The van der Waals surface area contributed by atoms with Gasteiger partial charge in [-0.1, -0.05) is 12.1 Å². The molecule has 4 aromatic rings. The summed E-state index contributed by atoms with van der Waals surface area (Å²) in [5.74, 6) is 0.555. The van der Waals surface area contributed by atoms with Gasteiger partial charge in [0.15, 0.2) is 11.5 Å². The highest BCUT2D eigenvalue weighted by molar-refractivity contribution is 5.89. The zero-order valence-corrected chi connectivity index (χ0v) is 17.8. The molecule has 3 heterocycles. The molecule has 0 aliphatic carbocycles. The molecule has 1 aliphatic rings. The third kappa shape index (κ3) is 4.26. The third-order valence-corrected chi connectivity index (χ3v) is 5.36. The monoisotopic (exact) mass is 428 g/mol. The molecule has 0 spiro atoms. The molecule has 1 saturated heterocycles. The molecule has 0 saturated carbocycles. The Bertz CT molecular complexity index is 1250. The van der Waals surface area contributed by atoms with Crippen molar-refractivity contribution < 1.29 is 9.53 Å². The van der Waals surface area contributed by atoms with Crippen molar-refractivity contribution in [3.8, 4) is 11.3 Å². The van der Waals surface area contributed by atoms with Crippen LogP contribution in [0.2, 0.25) is 0 Å². The van der Waals surface area contributed by atoms with Crippen LogP contribution in [-0.2, 0) is 9.53 Å². The van der Waals surface area contributed by atoms with E-state index in [1.165, 1.54) is 12.6 Å². The van der Waals surface area contributed by atoms with Crippen LogP contribution < -0.4 is 15.5 Å². The van der Waals surface area contributed by atoms with Crippen molar-refractivity contribution in [1.82, 2.24) is 14.4 Å². The van der Waals surface area contributed by atoms with Crippen LogP contribution in [0.3, 0.4) is 0 Å². The van der Waals surface area contributed by atoms with Gasteiger partial charge in [-0.15, -0.1) is 0 Å². The lowest BCUT2D eigenvalue weighted by Gasteiger charge is -2.28. The minimum atomic E-state index is -0.108.